The number of nitrogens with one attached hydrogen (secondary N) is 2. The van der Waals surface area contributed by atoms with E-state index < -0.39 is 12.1 Å². The molecule has 0 bridgehead atoms. The molecule has 0 unspecified atom stereocenters. The lowest BCUT2D eigenvalue weighted by atomic mass is 9.87. The van der Waals surface area contributed by atoms with Crippen molar-refractivity contribution in [2.24, 2.45) is 0 Å². The van der Waals surface area contributed by atoms with Gasteiger partial charge in [0.2, 0.25) is 5.91 Å². The van der Waals surface area contributed by atoms with Gasteiger partial charge in [-0.2, -0.15) is 0 Å². The van der Waals surface area contributed by atoms with Crippen LogP contribution in [-0.2, 0) is 20.9 Å². The second-order valence-electron chi connectivity index (χ2n) is 8.09. The Bertz CT molecular complexity index is 936. The number of benzene rings is 1. The maximum atomic E-state index is 11.9. The molecule has 3 atom stereocenters. The van der Waals surface area contributed by atoms with Crippen molar-refractivity contribution in [1.29, 1.82) is 0 Å². The number of hydrogen-bond donors (Lipinski definition) is 3. The Hall–Kier alpha value is -2.48. The van der Waals surface area contributed by atoms with Gasteiger partial charge >= 0.3 is 5.97 Å². The highest BCUT2D eigenvalue weighted by Crippen LogP contribution is 2.29. The summed E-state index contributed by atoms with van der Waals surface area (Å²) in [6, 6.07) is 13.8. The molecule has 0 saturated carbocycles. The summed E-state index contributed by atoms with van der Waals surface area (Å²) in [5, 5.41) is 16.2. The first-order valence-corrected chi connectivity index (χ1v) is 12.0. The Kier molecular flexibility index (Phi) is 8.61. The van der Waals surface area contributed by atoms with Gasteiger partial charge in [-0.05, 0) is 43.0 Å². The molecule has 6 nitrogen and oxygen atoms in total. The van der Waals surface area contributed by atoms with Crippen LogP contribution in [0.1, 0.15) is 44.9 Å². The fourth-order valence-electron chi connectivity index (χ4n) is 4.03. The van der Waals surface area contributed by atoms with Crippen LogP contribution < -0.4 is 10.6 Å². The highest BCUT2D eigenvalue weighted by Gasteiger charge is 2.37. The molecule has 7 heteroatoms. The predicted molar refractivity (Wildman–Crippen MR) is 128 cm³/mol. The molecule has 0 fully saturated rings. The summed E-state index contributed by atoms with van der Waals surface area (Å²) in [4.78, 5) is 26.1. The zero-order valence-corrected chi connectivity index (χ0v) is 19.7. The first-order valence-electron chi connectivity index (χ1n) is 11.1. The fraction of sp³-hybridized carbons (Fsp3) is 0.440. The van der Waals surface area contributed by atoms with E-state index >= 15 is 0 Å². The van der Waals surface area contributed by atoms with E-state index in [1.165, 1.54) is 17.4 Å². The molecule has 32 heavy (non-hydrogen) atoms. The number of rotatable bonds is 10. The SMILES string of the molecule is CCC(CC)O[C@@H]1C=C(C(=O)O)C[C@H](NCc2ccc(-c3ccccc3)s2)[C@H]1NC(C)=O. The summed E-state index contributed by atoms with van der Waals surface area (Å²) < 4.78 is 6.24. The van der Waals surface area contributed by atoms with Gasteiger partial charge in [-0.15, -0.1) is 11.3 Å². The smallest absolute Gasteiger partial charge is 0.331 e. The second-order valence-corrected chi connectivity index (χ2v) is 9.25. The van der Waals surface area contributed by atoms with Gasteiger partial charge in [0.1, 0.15) is 0 Å². The van der Waals surface area contributed by atoms with E-state index in [1.807, 2.05) is 32.0 Å². The van der Waals surface area contributed by atoms with Crippen molar-refractivity contribution in [3.8, 4) is 10.4 Å². The van der Waals surface area contributed by atoms with E-state index in [0.29, 0.717) is 18.5 Å². The summed E-state index contributed by atoms with van der Waals surface area (Å²) in [5.41, 5.74) is 1.49. The third-order valence-electron chi connectivity index (χ3n) is 5.76. The number of amides is 1. The molecule has 1 amide bonds. The number of carbonyl (C=O) groups is 2. The topological polar surface area (TPSA) is 87.7 Å². The predicted octanol–water partition coefficient (Wildman–Crippen LogP) is 4.37. The molecule has 1 aromatic carbocycles. The van der Waals surface area contributed by atoms with Crippen molar-refractivity contribution >= 4 is 23.2 Å². The van der Waals surface area contributed by atoms with Crippen LogP contribution in [0.25, 0.3) is 10.4 Å². The molecule has 0 aliphatic heterocycles. The van der Waals surface area contributed by atoms with Crippen LogP contribution in [0, 0.1) is 0 Å². The Morgan fingerprint density at radius 1 is 1.16 bits per heavy atom. The van der Waals surface area contributed by atoms with Gasteiger partial charge < -0.3 is 20.5 Å². The summed E-state index contributed by atoms with van der Waals surface area (Å²) in [5.74, 6) is -1.10. The Labute approximate surface area is 193 Å². The molecule has 2 aromatic rings. The van der Waals surface area contributed by atoms with Crippen LogP contribution in [-0.4, -0.2) is 41.3 Å². The van der Waals surface area contributed by atoms with Crippen LogP contribution >= 0.6 is 11.3 Å². The van der Waals surface area contributed by atoms with E-state index in [9.17, 15) is 14.7 Å². The minimum Gasteiger partial charge on any atom is -0.478 e. The Morgan fingerprint density at radius 2 is 1.88 bits per heavy atom. The van der Waals surface area contributed by atoms with Crippen molar-refractivity contribution in [1.82, 2.24) is 10.6 Å². The zero-order chi connectivity index (χ0) is 23.1. The van der Waals surface area contributed by atoms with Gasteiger partial charge in [-0.3, -0.25) is 4.79 Å². The third kappa shape index (κ3) is 6.28. The zero-order valence-electron chi connectivity index (χ0n) is 18.8. The van der Waals surface area contributed by atoms with Crippen molar-refractivity contribution in [3.05, 3.63) is 59.0 Å². The van der Waals surface area contributed by atoms with E-state index in [1.54, 1.807) is 17.4 Å². The highest BCUT2D eigenvalue weighted by atomic mass is 32.1. The lowest BCUT2D eigenvalue weighted by Crippen LogP contribution is -2.58. The van der Waals surface area contributed by atoms with Crippen molar-refractivity contribution in [3.63, 3.8) is 0 Å². The van der Waals surface area contributed by atoms with Crippen molar-refractivity contribution in [2.45, 2.75) is 70.9 Å². The first kappa shape index (κ1) is 24.2. The molecular formula is C25H32N2O4S. The number of hydrogen-bond acceptors (Lipinski definition) is 5. The number of carboxylic acids is 1. The lowest BCUT2D eigenvalue weighted by Gasteiger charge is -2.38. The van der Waals surface area contributed by atoms with E-state index in [4.69, 9.17) is 4.74 Å². The van der Waals surface area contributed by atoms with Gasteiger partial charge in [0.05, 0.1) is 18.2 Å². The van der Waals surface area contributed by atoms with Gasteiger partial charge in [-0.1, -0.05) is 44.2 Å². The van der Waals surface area contributed by atoms with E-state index in [2.05, 4.69) is 34.9 Å². The molecule has 1 heterocycles. The minimum atomic E-state index is -0.946. The van der Waals surface area contributed by atoms with Crippen LogP contribution in [0.2, 0.25) is 0 Å². The maximum Gasteiger partial charge on any atom is 0.331 e. The first-order chi connectivity index (χ1) is 15.4. The van der Waals surface area contributed by atoms with Crippen LogP contribution in [0.5, 0.6) is 0 Å². The molecule has 3 N–H and O–H groups in total. The largest absolute Gasteiger partial charge is 0.478 e. The van der Waals surface area contributed by atoms with Crippen LogP contribution in [0.3, 0.4) is 0 Å². The molecule has 1 aromatic heterocycles. The van der Waals surface area contributed by atoms with E-state index in [-0.39, 0.29) is 24.1 Å². The number of aliphatic carboxylic acids is 1. The van der Waals surface area contributed by atoms with Crippen LogP contribution in [0.4, 0.5) is 0 Å². The van der Waals surface area contributed by atoms with Gasteiger partial charge in [0.25, 0.3) is 0 Å². The molecule has 0 spiro atoms. The molecule has 1 aliphatic rings. The Morgan fingerprint density at radius 3 is 2.50 bits per heavy atom. The van der Waals surface area contributed by atoms with E-state index in [0.717, 1.165) is 17.7 Å². The average Bonchev–Trinajstić information content (AvgIpc) is 3.26. The normalized spacial score (nSPS) is 20.8. The number of carbonyl (C=O) groups excluding carboxylic acids is 1. The summed E-state index contributed by atoms with van der Waals surface area (Å²) in [6.45, 7) is 6.15. The molecule has 0 radical (unpaired) electrons. The van der Waals surface area contributed by atoms with Gasteiger partial charge in [0.15, 0.2) is 0 Å². The quantitative estimate of drug-likeness (QED) is 0.494. The molecule has 0 saturated heterocycles. The molecular weight excluding hydrogens is 424 g/mol. The third-order valence-corrected chi connectivity index (χ3v) is 6.89. The van der Waals surface area contributed by atoms with Gasteiger partial charge in [0, 0.05) is 34.8 Å². The fourth-order valence-corrected chi connectivity index (χ4v) is 4.99. The standard InChI is InChI=1S/C25H32N2O4S/c1-4-19(5-2)31-22-14-18(25(29)30)13-21(24(22)27-16(3)28)26-15-20-11-12-23(32-20)17-9-7-6-8-10-17/h6-12,14,19,21-22,24,26H,4-5,13,15H2,1-3H3,(H,27,28)(H,29,30)/t21-,22+,24+/m0/s1. The highest BCUT2D eigenvalue weighted by molar-refractivity contribution is 7.15. The Balaban J connectivity index is 1.78. The summed E-state index contributed by atoms with van der Waals surface area (Å²) in [6.07, 6.45) is 3.14. The number of thiophene rings is 1. The number of carboxylic acid groups (broad SMARTS) is 1. The van der Waals surface area contributed by atoms with Crippen LogP contribution in [0.15, 0.2) is 54.1 Å². The molecule has 3 rings (SSSR count). The monoisotopic (exact) mass is 456 g/mol. The minimum absolute atomic E-state index is 0.00651. The number of ether oxygens (including phenoxy) is 1. The lowest BCUT2D eigenvalue weighted by molar-refractivity contribution is -0.133. The maximum absolute atomic E-state index is 11.9. The molecule has 1 aliphatic carbocycles. The van der Waals surface area contributed by atoms with Gasteiger partial charge in [-0.25, -0.2) is 4.79 Å². The second kappa shape index (κ2) is 11.4. The summed E-state index contributed by atoms with van der Waals surface area (Å²) in [7, 11) is 0. The average molecular weight is 457 g/mol. The molecule has 172 valence electrons. The van der Waals surface area contributed by atoms with Crippen molar-refractivity contribution in [2.75, 3.05) is 0 Å². The van der Waals surface area contributed by atoms with Crippen molar-refractivity contribution < 1.29 is 19.4 Å². The summed E-state index contributed by atoms with van der Waals surface area (Å²) >= 11 is 1.70.